The van der Waals surface area contributed by atoms with Crippen LogP contribution in [0.15, 0.2) is 38.8 Å². The summed E-state index contributed by atoms with van der Waals surface area (Å²) in [6.07, 6.45) is 3.12. The van der Waals surface area contributed by atoms with Crippen LogP contribution in [0.4, 0.5) is 5.82 Å². The van der Waals surface area contributed by atoms with Crippen LogP contribution in [-0.4, -0.2) is 47.6 Å². The van der Waals surface area contributed by atoms with E-state index < -0.39 is 10.0 Å². The van der Waals surface area contributed by atoms with E-state index in [0.29, 0.717) is 29.7 Å². The number of carbonyl (C=O) groups excluding carboxylic acids is 1. The zero-order valence-electron chi connectivity index (χ0n) is 13.6. The summed E-state index contributed by atoms with van der Waals surface area (Å²) < 4.78 is 31.2. The first-order chi connectivity index (χ1) is 11.9. The zero-order valence-corrected chi connectivity index (χ0v) is 15.3. The summed E-state index contributed by atoms with van der Waals surface area (Å²) in [6, 6.07) is 4.77. The van der Waals surface area contributed by atoms with Crippen LogP contribution in [0.25, 0.3) is 0 Å². The molecule has 0 bridgehead atoms. The number of aromatic nitrogens is 2. The fourth-order valence-electron chi connectivity index (χ4n) is 2.43. The average molecular weight is 382 g/mol. The molecule has 1 amide bonds. The van der Waals surface area contributed by atoms with Gasteiger partial charge in [-0.1, -0.05) is 16.9 Å². The summed E-state index contributed by atoms with van der Waals surface area (Å²) in [6.45, 7) is 2.85. The van der Waals surface area contributed by atoms with Crippen LogP contribution in [-0.2, 0) is 14.8 Å². The molecule has 0 aromatic carbocycles. The molecule has 3 heterocycles. The van der Waals surface area contributed by atoms with E-state index in [9.17, 15) is 13.2 Å². The molecule has 0 atom stereocenters. The highest BCUT2D eigenvalue weighted by Crippen LogP contribution is 2.22. The number of thioether (sulfide) groups is 1. The predicted octanol–water partition coefficient (Wildman–Crippen LogP) is 1.89. The molecule has 8 nitrogen and oxygen atoms in total. The van der Waals surface area contributed by atoms with E-state index in [2.05, 4.69) is 15.5 Å². The van der Waals surface area contributed by atoms with Crippen LogP contribution < -0.4 is 5.32 Å². The molecule has 1 N–H and O–H groups in total. The number of sulfonamides is 1. The first-order valence-electron chi connectivity index (χ1n) is 7.77. The lowest BCUT2D eigenvalue weighted by Gasteiger charge is -2.15. The van der Waals surface area contributed by atoms with Gasteiger partial charge in [-0.25, -0.2) is 13.4 Å². The molecule has 1 saturated heterocycles. The molecule has 0 saturated carbocycles. The molecule has 10 heteroatoms. The van der Waals surface area contributed by atoms with Crippen molar-refractivity contribution >= 4 is 33.5 Å². The van der Waals surface area contributed by atoms with Gasteiger partial charge in [-0.2, -0.15) is 4.31 Å². The summed E-state index contributed by atoms with van der Waals surface area (Å²) in [5.74, 6) is 0.869. The number of nitrogens with zero attached hydrogens (tertiary/aromatic N) is 3. The van der Waals surface area contributed by atoms with Crippen molar-refractivity contribution in [3.8, 4) is 0 Å². The quantitative estimate of drug-likeness (QED) is 0.761. The molecule has 1 fully saturated rings. The van der Waals surface area contributed by atoms with E-state index >= 15 is 0 Å². The highest BCUT2D eigenvalue weighted by molar-refractivity contribution is 7.99. The lowest BCUT2D eigenvalue weighted by molar-refractivity contribution is -0.113. The molecule has 1 aliphatic rings. The van der Waals surface area contributed by atoms with Crippen molar-refractivity contribution in [2.24, 2.45) is 0 Å². The lowest BCUT2D eigenvalue weighted by atomic mass is 10.4. The highest BCUT2D eigenvalue weighted by Gasteiger charge is 2.27. The minimum absolute atomic E-state index is 0.136. The summed E-state index contributed by atoms with van der Waals surface area (Å²) in [5, 5.41) is 6.87. The second-order valence-electron chi connectivity index (χ2n) is 5.60. The van der Waals surface area contributed by atoms with Gasteiger partial charge in [-0.15, -0.1) is 0 Å². The molecule has 3 rings (SSSR count). The maximum atomic E-state index is 12.4. The first-order valence-corrected chi connectivity index (χ1v) is 10.2. The van der Waals surface area contributed by atoms with E-state index in [1.54, 1.807) is 19.1 Å². The summed E-state index contributed by atoms with van der Waals surface area (Å²) in [4.78, 5) is 16.2. The number of anilines is 1. The van der Waals surface area contributed by atoms with Crippen molar-refractivity contribution in [2.45, 2.75) is 29.7 Å². The van der Waals surface area contributed by atoms with E-state index in [4.69, 9.17) is 4.52 Å². The molecular formula is C15H18N4O4S2. The van der Waals surface area contributed by atoms with Gasteiger partial charge in [-0.05, 0) is 31.9 Å². The molecular weight excluding hydrogens is 364 g/mol. The number of hydrogen-bond donors (Lipinski definition) is 1. The first kappa shape index (κ1) is 17.9. The molecule has 0 spiro atoms. The van der Waals surface area contributed by atoms with Gasteiger partial charge in [0.2, 0.25) is 15.9 Å². The Bertz CT molecular complexity index is 843. The van der Waals surface area contributed by atoms with Crippen LogP contribution >= 0.6 is 11.8 Å². The van der Waals surface area contributed by atoms with Gasteiger partial charge in [0.05, 0.1) is 10.8 Å². The SMILES string of the molecule is Cc1cc(NC(=O)CSc2ccc(S(=O)(=O)N3CCCC3)cn2)no1. The van der Waals surface area contributed by atoms with Crippen LogP contribution in [0.3, 0.4) is 0 Å². The number of carbonyl (C=O) groups is 1. The second kappa shape index (κ2) is 7.54. The topological polar surface area (TPSA) is 105 Å². The van der Waals surface area contributed by atoms with E-state index in [-0.39, 0.29) is 16.6 Å². The zero-order chi connectivity index (χ0) is 17.9. The van der Waals surface area contributed by atoms with Gasteiger partial charge >= 0.3 is 0 Å². The van der Waals surface area contributed by atoms with Gasteiger partial charge < -0.3 is 9.84 Å². The number of rotatable bonds is 6. The van der Waals surface area contributed by atoms with Crippen LogP contribution in [0.1, 0.15) is 18.6 Å². The molecule has 2 aromatic heterocycles. The monoisotopic (exact) mass is 382 g/mol. The molecule has 0 unspecified atom stereocenters. The molecule has 25 heavy (non-hydrogen) atoms. The third-order valence-corrected chi connectivity index (χ3v) is 6.48. The smallest absolute Gasteiger partial charge is 0.244 e. The van der Waals surface area contributed by atoms with Gasteiger partial charge in [-0.3, -0.25) is 4.79 Å². The minimum atomic E-state index is -3.46. The number of pyridine rings is 1. The van der Waals surface area contributed by atoms with Crippen LogP contribution in [0.5, 0.6) is 0 Å². The van der Waals surface area contributed by atoms with Gasteiger partial charge in [0, 0.05) is 25.4 Å². The Morgan fingerprint density at radius 2 is 2.12 bits per heavy atom. The fourth-order valence-corrected chi connectivity index (χ4v) is 4.53. The summed E-state index contributed by atoms with van der Waals surface area (Å²) >= 11 is 1.22. The van der Waals surface area contributed by atoms with Gasteiger partial charge in [0.25, 0.3) is 0 Å². The normalized spacial score (nSPS) is 15.4. The Balaban J connectivity index is 1.56. The van der Waals surface area contributed by atoms with E-state index in [1.807, 2.05) is 0 Å². The van der Waals surface area contributed by atoms with Crippen molar-refractivity contribution in [3.63, 3.8) is 0 Å². The lowest BCUT2D eigenvalue weighted by Crippen LogP contribution is -2.27. The second-order valence-corrected chi connectivity index (χ2v) is 8.54. The Morgan fingerprint density at radius 1 is 1.36 bits per heavy atom. The third kappa shape index (κ3) is 4.39. The molecule has 0 aliphatic carbocycles. The Labute approximate surface area is 150 Å². The summed E-state index contributed by atoms with van der Waals surface area (Å²) in [5.41, 5.74) is 0. The molecule has 1 aliphatic heterocycles. The third-order valence-electron chi connectivity index (χ3n) is 3.66. The number of nitrogens with one attached hydrogen (secondary N) is 1. The van der Waals surface area contributed by atoms with Crippen LogP contribution in [0, 0.1) is 6.92 Å². The highest BCUT2D eigenvalue weighted by atomic mass is 32.2. The van der Waals surface area contributed by atoms with E-state index in [1.165, 1.54) is 28.3 Å². The number of amides is 1. The van der Waals surface area contributed by atoms with Crippen molar-refractivity contribution in [1.82, 2.24) is 14.4 Å². The van der Waals surface area contributed by atoms with Gasteiger partial charge in [0.15, 0.2) is 5.82 Å². The minimum Gasteiger partial charge on any atom is -0.360 e. The van der Waals surface area contributed by atoms with E-state index in [0.717, 1.165) is 12.8 Å². The van der Waals surface area contributed by atoms with Crippen molar-refractivity contribution in [1.29, 1.82) is 0 Å². The number of hydrogen-bond acceptors (Lipinski definition) is 7. The van der Waals surface area contributed by atoms with Gasteiger partial charge in [0.1, 0.15) is 10.7 Å². The van der Waals surface area contributed by atoms with Crippen molar-refractivity contribution < 1.29 is 17.7 Å². The Kier molecular flexibility index (Phi) is 5.40. The van der Waals surface area contributed by atoms with Crippen LogP contribution in [0.2, 0.25) is 0 Å². The average Bonchev–Trinajstić information content (AvgIpc) is 3.26. The molecule has 134 valence electrons. The van der Waals surface area contributed by atoms with Crippen molar-refractivity contribution in [3.05, 3.63) is 30.2 Å². The maximum absolute atomic E-state index is 12.4. The fraction of sp³-hybridized carbons (Fsp3) is 0.400. The number of aryl methyl sites for hydroxylation is 1. The predicted molar refractivity (Wildman–Crippen MR) is 92.8 cm³/mol. The summed E-state index contributed by atoms with van der Waals surface area (Å²) in [7, 11) is -3.46. The maximum Gasteiger partial charge on any atom is 0.244 e. The Hall–Kier alpha value is -1.91. The standard InChI is InChI=1S/C15H18N4O4S2/c1-11-8-13(18-23-11)17-14(20)10-24-15-5-4-12(9-16-15)25(21,22)19-6-2-3-7-19/h4-5,8-9H,2-3,6-7,10H2,1H3,(H,17,18,20). The largest absolute Gasteiger partial charge is 0.360 e. The molecule has 0 radical (unpaired) electrons. The van der Waals surface area contributed by atoms with Crippen molar-refractivity contribution in [2.75, 3.05) is 24.2 Å². The molecule has 2 aromatic rings. The Morgan fingerprint density at radius 3 is 2.72 bits per heavy atom.